The van der Waals surface area contributed by atoms with Crippen molar-refractivity contribution in [1.29, 1.82) is 0 Å². The molecule has 316 valence electrons. The highest BCUT2D eigenvalue weighted by Gasteiger charge is 2.57. The van der Waals surface area contributed by atoms with E-state index in [1.807, 2.05) is 39.8 Å². The largest absolute Gasteiger partial charge is 0.393 e. The molecule has 3 heterocycles. The fraction of sp³-hybridized carbons (Fsp3) is 0.809. The van der Waals surface area contributed by atoms with Crippen molar-refractivity contribution in [2.45, 2.75) is 176 Å². The Bertz CT molecular complexity index is 1310. The molecule has 0 radical (unpaired) electrons. The number of allylic oxidation sites excluding steroid dienone is 7. The highest BCUT2D eigenvalue weighted by molar-refractivity contribution is 5.80. The van der Waals surface area contributed by atoms with E-state index in [0.717, 1.165) is 44.9 Å². The van der Waals surface area contributed by atoms with E-state index in [-0.39, 0.29) is 53.6 Å². The summed E-state index contributed by atoms with van der Waals surface area (Å²) in [6, 6.07) is 0. The molecule has 3 aliphatic heterocycles. The number of aliphatic hydroxyl groups excluding tert-OH is 3. The van der Waals surface area contributed by atoms with Gasteiger partial charge in [-0.2, -0.15) is 0 Å². The van der Waals surface area contributed by atoms with Crippen LogP contribution >= 0.6 is 0 Å². The highest BCUT2D eigenvalue weighted by atomic mass is 16.7. The highest BCUT2D eigenvalue weighted by Crippen LogP contribution is 2.46. The van der Waals surface area contributed by atoms with E-state index in [1.165, 1.54) is 5.57 Å². The van der Waals surface area contributed by atoms with Crippen molar-refractivity contribution in [1.82, 2.24) is 5.32 Å². The number of hydrogen-bond acceptors (Lipinski definition) is 7. The zero-order valence-corrected chi connectivity index (χ0v) is 36.8. The SMILES string of the molecule is CC[C@H]1C[C@H](C)[C@@]2(NC1=O)O[C@@H](C[C@H](O)[C@@H](C)CC/C=C/C=C(\C)[C@H](C/C=C/C=C/[C@H](O)[C@H](C)[C@H]1O[C@](C)(OC)CC[C@H]1C(C)C)C(C)C)[C@H](C)[C@H](O)[C@@H]2C. The average Bonchev–Trinajstić information content (AvgIpc) is 3.14. The molecule has 8 heteroatoms. The van der Waals surface area contributed by atoms with Crippen LogP contribution in [0.15, 0.2) is 48.1 Å². The van der Waals surface area contributed by atoms with Crippen molar-refractivity contribution >= 4 is 5.91 Å². The summed E-state index contributed by atoms with van der Waals surface area (Å²) in [6.07, 6.45) is 18.9. The van der Waals surface area contributed by atoms with Crippen molar-refractivity contribution in [3.8, 4) is 0 Å². The van der Waals surface area contributed by atoms with Crippen molar-refractivity contribution in [2.75, 3.05) is 7.11 Å². The Hall–Kier alpha value is -1.81. The van der Waals surface area contributed by atoms with Crippen LogP contribution in [-0.2, 0) is 19.0 Å². The van der Waals surface area contributed by atoms with Gasteiger partial charge in [0.15, 0.2) is 5.79 Å². The maximum absolute atomic E-state index is 12.9. The first-order valence-corrected chi connectivity index (χ1v) is 21.8. The minimum Gasteiger partial charge on any atom is -0.393 e. The van der Waals surface area contributed by atoms with Crippen LogP contribution in [0.4, 0.5) is 0 Å². The Kier molecular flexibility index (Phi) is 18.4. The Morgan fingerprint density at radius 2 is 1.73 bits per heavy atom. The number of nitrogens with one attached hydrogen (secondary N) is 1. The van der Waals surface area contributed by atoms with Gasteiger partial charge in [-0.1, -0.05) is 117 Å². The van der Waals surface area contributed by atoms with E-state index in [9.17, 15) is 20.1 Å². The predicted molar refractivity (Wildman–Crippen MR) is 224 cm³/mol. The quantitative estimate of drug-likeness (QED) is 0.103. The van der Waals surface area contributed by atoms with E-state index in [0.29, 0.717) is 30.1 Å². The molecule has 3 fully saturated rings. The molecule has 0 aliphatic carbocycles. The third kappa shape index (κ3) is 12.1. The molecule has 0 aromatic carbocycles. The van der Waals surface area contributed by atoms with Gasteiger partial charge in [0, 0.05) is 49.5 Å². The normalized spacial score (nSPS) is 36.6. The summed E-state index contributed by atoms with van der Waals surface area (Å²) in [6.45, 7) is 25.5. The first-order chi connectivity index (χ1) is 25.8. The topological polar surface area (TPSA) is 117 Å². The fourth-order valence-electron chi connectivity index (χ4n) is 9.53. The molecule has 3 rings (SSSR count). The first-order valence-electron chi connectivity index (χ1n) is 21.8. The average molecular weight is 772 g/mol. The van der Waals surface area contributed by atoms with Gasteiger partial charge in [-0.15, -0.1) is 0 Å². The number of rotatable bonds is 18. The number of methoxy groups -OCH3 is 1. The second-order valence-electron chi connectivity index (χ2n) is 18.6. The van der Waals surface area contributed by atoms with Crippen LogP contribution in [0, 0.1) is 59.2 Å². The van der Waals surface area contributed by atoms with Gasteiger partial charge in [0.25, 0.3) is 0 Å². The van der Waals surface area contributed by atoms with Gasteiger partial charge in [-0.25, -0.2) is 0 Å². The molecule has 55 heavy (non-hydrogen) atoms. The maximum atomic E-state index is 12.9. The lowest BCUT2D eigenvalue weighted by molar-refractivity contribution is -0.286. The van der Waals surface area contributed by atoms with Gasteiger partial charge in [-0.3, -0.25) is 4.79 Å². The predicted octanol–water partition coefficient (Wildman–Crippen LogP) is 9.15. The van der Waals surface area contributed by atoms with E-state index in [4.69, 9.17) is 14.2 Å². The third-order valence-corrected chi connectivity index (χ3v) is 14.0. The molecule has 0 unspecified atom stereocenters. The lowest BCUT2D eigenvalue weighted by Gasteiger charge is -2.56. The van der Waals surface area contributed by atoms with Crippen LogP contribution in [0.2, 0.25) is 0 Å². The molecule has 1 spiro atoms. The van der Waals surface area contributed by atoms with Gasteiger partial charge in [-0.05, 0) is 82.0 Å². The molecular weight excluding hydrogens is 691 g/mol. The molecule has 0 saturated carbocycles. The zero-order valence-electron chi connectivity index (χ0n) is 36.8. The molecule has 3 saturated heterocycles. The van der Waals surface area contributed by atoms with Crippen molar-refractivity contribution in [3.63, 3.8) is 0 Å². The summed E-state index contributed by atoms with van der Waals surface area (Å²) in [4.78, 5) is 12.9. The summed E-state index contributed by atoms with van der Waals surface area (Å²) in [5.41, 5.74) is 0.420. The maximum Gasteiger partial charge on any atom is 0.225 e. The summed E-state index contributed by atoms with van der Waals surface area (Å²) in [7, 11) is 1.70. The monoisotopic (exact) mass is 772 g/mol. The molecule has 8 nitrogen and oxygen atoms in total. The minimum absolute atomic E-state index is 0.00416. The van der Waals surface area contributed by atoms with Crippen molar-refractivity contribution in [3.05, 3.63) is 48.1 Å². The number of carbonyl (C=O) groups is 1. The van der Waals surface area contributed by atoms with Crippen LogP contribution in [0.25, 0.3) is 0 Å². The number of ether oxygens (including phenoxy) is 3. The second kappa shape index (κ2) is 21.3. The van der Waals surface area contributed by atoms with E-state index in [1.54, 1.807) is 7.11 Å². The smallest absolute Gasteiger partial charge is 0.225 e. The lowest BCUT2D eigenvalue weighted by atomic mass is 9.69. The summed E-state index contributed by atoms with van der Waals surface area (Å²) < 4.78 is 18.8. The first kappa shape index (κ1) is 47.6. The Morgan fingerprint density at radius 1 is 1.04 bits per heavy atom. The number of hydrogen-bond donors (Lipinski definition) is 4. The van der Waals surface area contributed by atoms with Crippen LogP contribution in [0.1, 0.15) is 134 Å². The van der Waals surface area contributed by atoms with E-state index < -0.39 is 29.8 Å². The molecular formula is C47H81NO7. The van der Waals surface area contributed by atoms with E-state index in [2.05, 4.69) is 91.1 Å². The Morgan fingerprint density at radius 3 is 2.35 bits per heavy atom. The summed E-state index contributed by atoms with van der Waals surface area (Å²) >= 11 is 0. The molecule has 1 amide bonds. The summed E-state index contributed by atoms with van der Waals surface area (Å²) in [5.74, 6) is 0.785. The summed E-state index contributed by atoms with van der Waals surface area (Å²) in [5, 5.41) is 36.8. The molecule has 0 bridgehead atoms. The van der Waals surface area contributed by atoms with Gasteiger partial charge in [0.1, 0.15) is 5.72 Å². The van der Waals surface area contributed by atoms with Crippen LogP contribution in [-0.4, -0.2) is 70.4 Å². The number of amides is 1. The second-order valence-corrected chi connectivity index (χ2v) is 18.6. The Labute approximate surface area is 335 Å². The fourth-order valence-corrected chi connectivity index (χ4v) is 9.53. The van der Waals surface area contributed by atoms with Gasteiger partial charge in [0.05, 0.1) is 30.5 Å². The number of aliphatic hydroxyl groups is 3. The molecule has 4 N–H and O–H groups in total. The Balaban J connectivity index is 1.50. The van der Waals surface area contributed by atoms with Crippen molar-refractivity contribution in [2.24, 2.45) is 59.2 Å². The van der Waals surface area contributed by atoms with Gasteiger partial charge in [0.2, 0.25) is 5.91 Å². The van der Waals surface area contributed by atoms with Gasteiger partial charge < -0.3 is 34.8 Å². The van der Waals surface area contributed by atoms with Crippen LogP contribution in [0.5, 0.6) is 0 Å². The van der Waals surface area contributed by atoms with E-state index >= 15 is 0 Å². The standard InChI is InChI=1S/C47H81NO7/c1-14-37-27-33(8)47(48-45(37)52)36(11)43(51)35(10)42(54-47)28-41(50)32(7)22-18-15-17-21-31(6)38(29(2)3)23-19-16-20-24-40(49)34(9)44-39(30(4)5)25-26-46(12,53-13)55-44/h15-17,19-21,24,29-30,32-44,49-51H,14,18,22-23,25-28H2,1-13H3,(H,48,52)/b17-15+,19-16+,24-20+,31-21+/t32-,33-,34-,35-,36-,37-,38+,39-,40-,41-,42-,43-,44+,46-,47+/m0/s1. The third-order valence-electron chi connectivity index (χ3n) is 14.0. The van der Waals surface area contributed by atoms with Crippen LogP contribution in [0.3, 0.4) is 0 Å². The van der Waals surface area contributed by atoms with Crippen molar-refractivity contribution < 1.29 is 34.3 Å². The van der Waals surface area contributed by atoms with Crippen LogP contribution < -0.4 is 5.32 Å². The number of piperidine rings is 1. The number of carbonyl (C=O) groups excluding carboxylic acids is 1. The molecule has 3 aliphatic rings. The lowest BCUT2D eigenvalue weighted by Crippen LogP contribution is -2.71. The van der Waals surface area contributed by atoms with Gasteiger partial charge >= 0.3 is 0 Å². The minimum atomic E-state index is -0.910. The zero-order chi connectivity index (χ0) is 41.2. The molecule has 15 atom stereocenters. The molecule has 0 aromatic rings. The molecule has 0 aromatic heterocycles.